The Hall–Kier alpha value is -3.63. The standard InChI is InChI=1S/C28H26ClN3O5S/c29-21-7-9-24-20(17-30-26(24)15-21)12-13-32(38(36,37)23-3-1-2-22(33)16-23)27-10-6-19-14-18(4-8-25(19)27)5-11-28(34)31-35/h1-5,7-9,11,14-17,27,30,33,35H,6,10,12-13H2,(H,31,34)/b11-5+. The molecule has 10 heteroatoms. The monoisotopic (exact) mass is 551 g/mol. The smallest absolute Gasteiger partial charge is 0.267 e. The summed E-state index contributed by atoms with van der Waals surface area (Å²) >= 11 is 6.12. The van der Waals surface area contributed by atoms with Crippen molar-refractivity contribution in [2.75, 3.05) is 6.54 Å². The van der Waals surface area contributed by atoms with Crippen LogP contribution in [0.1, 0.15) is 34.7 Å². The molecule has 196 valence electrons. The average Bonchev–Trinajstić information content (AvgIpc) is 3.50. The first-order chi connectivity index (χ1) is 18.3. The fourth-order valence-electron chi connectivity index (χ4n) is 5.05. The summed E-state index contributed by atoms with van der Waals surface area (Å²) in [4.78, 5) is 14.6. The Morgan fingerprint density at radius 3 is 2.79 bits per heavy atom. The number of fused-ring (bicyclic) bond motifs is 2. The van der Waals surface area contributed by atoms with Crippen LogP contribution in [0, 0.1) is 0 Å². The zero-order chi connectivity index (χ0) is 26.9. The maximum Gasteiger partial charge on any atom is 0.267 e. The molecule has 0 bridgehead atoms. The van der Waals surface area contributed by atoms with E-state index in [2.05, 4.69) is 4.98 Å². The largest absolute Gasteiger partial charge is 0.508 e. The molecule has 5 rings (SSSR count). The molecule has 3 aromatic carbocycles. The summed E-state index contributed by atoms with van der Waals surface area (Å²) in [6.45, 7) is 0.232. The SMILES string of the molecule is O=C(/C=C/c1ccc2c(c1)CCC2N(CCc1c[nH]c2cc(Cl)ccc12)S(=O)(=O)c1cccc(O)c1)NO. The zero-order valence-corrected chi connectivity index (χ0v) is 21.8. The Kier molecular flexibility index (Phi) is 7.27. The molecule has 0 radical (unpaired) electrons. The number of aryl methyl sites for hydroxylation is 1. The van der Waals surface area contributed by atoms with Crippen LogP contribution in [-0.2, 0) is 27.7 Å². The van der Waals surface area contributed by atoms with Crippen molar-refractivity contribution in [3.8, 4) is 5.75 Å². The van der Waals surface area contributed by atoms with Gasteiger partial charge in [-0.3, -0.25) is 10.0 Å². The fourth-order valence-corrected chi connectivity index (χ4v) is 6.89. The lowest BCUT2D eigenvalue weighted by molar-refractivity contribution is -0.124. The van der Waals surface area contributed by atoms with Crippen molar-refractivity contribution in [2.24, 2.45) is 0 Å². The molecular weight excluding hydrogens is 526 g/mol. The molecule has 1 atom stereocenters. The van der Waals surface area contributed by atoms with Gasteiger partial charge < -0.3 is 10.1 Å². The van der Waals surface area contributed by atoms with E-state index in [-0.39, 0.29) is 17.2 Å². The number of hydroxylamine groups is 1. The van der Waals surface area contributed by atoms with Gasteiger partial charge in [0.25, 0.3) is 5.91 Å². The van der Waals surface area contributed by atoms with Crippen molar-refractivity contribution < 1.29 is 23.5 Å². The number of sulfonamides is 1. The van der Waals surface area contributed by atoms with Crippen molar-refractivity contribution in [1.29, 1.82) is 0 Å². The molecule has 4 N–H and O–H groups in total. The maximum absolute atomic E-state index is 13.9. The van der Waals surface area contributed by atoms with Crippen LogP contribution in [0.15, 0.2) is 77.8 Å². The number of aromatic hydroxyl groups is 1. The van der Waals surface area contributed by atoms with E-state index in [1.54, 1.807) is 11.6 Å². The molecule has 0 saturated carbocycles. The molecule has 0 spiro atoms. The van der Waals surface area contributed by atoms with Gasteiger partial charge in [0, 0.05) is 34.7 Å². The van der Waals surface area contributed by atoms with Crippen molar-refractivity contribution in [2.45, 2.75) is 30.2 Å². The van der Waals surface area contributed by atoms with Gasteiger partial charge in [0.1, 0.15) is 5.75 Å². The number of phenolic OH excluding ortho intramolecular Hbond substituents is 1. The minimum absolute atomic E-state index is 0.0335. The van der Waals surface area contributed by atoms with Gasteiger partial charge in [-0.05, 0) is 77.9 Å². The van der Waals surface area contributed by atoms with Crippen LogP contribution in [-0.4, -0.2) is 40.5 Å². The number of rotatable bonds is 8. The number of amides is 1. The van der Waals surface area contributed by atoms with Gasteiger partial charge in [0.2, 0.25) is 10.0 Å². The van der Waals surface area contributed by atoms with E-state index in [1.165, 1.54) is 34.6 Å². The summed E-state index contributed by atoms with van der Waals surface area (Å²) in [7, 11) is -3.95. The highest BCUT2D eigenvalue weighted by atomic mass is 35.5. The van der Waals surface area contributed by atoms with Gasteiger partial charge in [-0.25, -0.2) is 13.9 Å². The minimum atomic E-state index is -3.95. The number of hydrogen-bond acceptors (Lipinski definition) is 5. The predicted octanol–water partition coefficient (Wildman–Crippen LogP) is 4.97. The fraction of sp³-hybridized carbons (Fsp3) is 0.179. The van der Waals surface area contributed by atoms with Crippen LogP contribution in [0.2, 0.25) is 5.02 Å². The number of aromatic nitrogens is 1. The molecule has 1 unspecified atom stereocenters. The number of hydrogen-bond donors (Lipinski definition) is 4. The summed E-state index contributed by atoms with van der Waals surface area (Å²) in [5, 5.41) is 20.3. The predicted molar refractivity (Wildman–Crippen MR) is 145 cm³/mol. The number of H-pyrrole nitrogens is 1. The molecule has 0 aliphatic heterocycles. The third-order valence-corrected chi connectivity index (χ3v) is 8.99. The van der Waals surface area contributed by atoms with E-state index in [1.807, 2.05) is 42.6 Å². The average molecular weight is 552 g/mol. The third-order valence-electron chi connectivity index (χ3n) is 6.85. The summed E-state index contributed by atoms with van der Waals surface area (Å²) in [6, 6.07) is 16.5. The summed E-state index contributed by atoms with van der Waals surface area (Å²) in [5.41, 5.74) is 6.10. The summed E-state index contributed by atoms with van der Waals surface area (Å²) < 4.78 is 29.4. The second-order valence-corrected chi connectivity index (χ2v) is 11.5. The molecule has 4 aromatic rings. The number of halogens is 1. The van der Waals surface area contributed by atoms with E-state index in [9.17, 15) is 18.3 Å². The second-order valence-electron chi connectivity index (χ2n) is 9.19. The Balaban J connectivity index is 1.49. The minimum Gasteiger partial charge on any atom is -0.508 e. The van der Waals surface area contributed by atoms with Gasteiger partial charge in [0.05, 0.1) is 10.9 Å². The number of aromatic amines is 1. The van der Waals surface area contributed by atoms with Crippen molar-refractivity contribution in [3.63, 3.8) is 0 Å². The first kappa shape index (κ1) is 26.0. The number of benzene rings is 3. The van der Waals surface area contributed by atoms with Crippen LogP contribution in [0.25, 0.3) is 17.0 Å². The molecule has 38 heavy (non-hydrogen) atoms. The Morgan fingerprint density at radius 1 is 1.16 bits per heavy atom. The highest BCUT2D eigenvalue weighted by Crippen LogP contribution is 2.40. The highest BCUT2D eigenvalue weighted by molar-refractivity contribution is 7.89. The molecule has 0 saturated heterocycles. The topological polar surface area (TPSA) is 123 Å². The van der Waals surface area contributed by atoms with E-state index < -0.39 is 22.0 Å². The van der Waals surface area contributed by atoms with Gasteiger partial charge >= 0.3 is 0 Å². The van der Waals surface area contributed by atoms with E-state index in [4.69, 9.17) is 16.8 Å². The van der Waals surface area contributed by atoms with Crippen LogP contribution in [0.3, 0.4) is 0 Å². The van der Waals surface area contributed by atoms with Crippen LogP contribution in [0.5, 0.6) is 5.75 Å². The quantitative estimate of drug-likeness (QED) is 0.140. The molecule has 0 fully saturated rings. The normalized spacial score (nSPS) is 15.4. The number of phenols is 1. The number of nitrogens with one attached hydrogen (secondary N) is 2. The Bertz CT molecular complexity index is 1650. The molecule has 1 aliphatic carbocycles. The van der Waals surface area contributed by atoms with Crippen molar-refractivity contribution >= 4 is 44.5 Å². The third kappa shape index (κ3) is 5.19. The van der Waals surface area contributed by atoms with Gasteiger partial charge in [-0.15, -0.1) is 0 Å². The lowest BCUT2D eigenvalue weighted by Gasteiger charge is -2.29. The lowest BCUT2D eigenvalue weighted by atomic mass is 10.0. The Morgan fingerprint density at radius 2 is 2.00 bits per heavy atom. The molecule has 1 aliphatic rings. The van der Waals surface area contributed by atoms with Crippen LogP contribution >= 0.6 is 11.6 Å². The van der Waals surface area contributed by atoms with Gasteiger partial charge in [-0.2, -0.15) is 4.31 Å². The highest BCUT2D eigenvalue weighted by Gasteiger charge is 2.36. The van der Waals surface area contributed by atoms with Crippen molar-refractivity contribution in [3.05, 3.63) is 100 Å². The zero-order valence-electron chi connectivity index (χ0n) is 20.3. The first-order valence-corrected chi connectivity index (χ1v) is 13.9. The molecular formula is C28H26ClN3O5S. The Labute approximate surface area is 225 Å². The van der Waals surface area contributed by atoms with E-state index >= 15 is 0 Å². The van der Waals surface area contributed by atoms with E-state index in [0.717, 1.165) is 33.2 Å². The summed E-state index contributed by atoms with van der Waals surface area (Å²) in [5.74, 6) is -0.749. The van der Waals surface area contributed by atoms with Gasteiger partial charge in [-0.1, -0.05) is 41.9 Å². The number of carbonyl (C=O) groups is 1. The van der Waals surface area contributed by atoms with Crippen LogP contribution in [0.4, 0.5) is 0 Å². The van der Waals surface area contributed by atoms with Crippen LogP contribution < -0.4 is 5.48 Å². The number of carbonyl (C=O) groups excluding carboxylic acids is 1. The van der Waals surface area contributed by atoms with Crippen molar-refractivity contribution in [1.82, 2.24) is 14.8 Å². The summed E-state index contributed by atoms with van der Waals surface area (Å²) in [6.07, 6.45) is 6.43. The van der Waals surface area contributed by atoms with Gasteiger partial charge in [0.15, 0.2) is 0 Å². The lowest BCUT2D eigenvalue weighted by Crippen LogP contribution is -2.35. The maximum atomic E-state index is 13.9. The molecule has 1 heterocycles. The molecule has 1 amide bonds. The second kappa shape index (κ2) is 10.6. The number of nitrogens with zero attached hydrogens (tertiary/aromatic N) is 1. The van der Waals surface area contributed by atoms with E-state index in [0.29, 0.717) is 24.3 Å². The molecule has 1 aromatic heterocycles. The first-order valence-electron chi connectivity index (χ1n) is 12.1. The molecule has 8 nitrogen and oxygen atoms in total.